The van der Waals surface area contributed by atoms with Crippen molar-refractivity contribution < 1.29 is 9.18 Å². The normalized spacial score (nSPS) is 20.2. The smallest absolute Gasteiger partial charge is 0.224 e. The summed E-state index contributed by atoms with van der Waals surface area (Å²) in [5, 5.41) is 3.55. The van der Waals surface area contributed by atoms with E-state index in [1.807, 2.05) is 0 Å². The van der Waals surface area contributed by atoms with Gasteiger partial charge in [0.25, 0.3) is 0 Å². The molecule has 2 heterocycles. The molecule has 0 saturated carbocycles. The van der Waals surface area contributed by atoms with Crippen LogP contribution in [0.2, 0.25) is 5.02 Å². The fourth-order valence-corrected chi connectivity index (χ4v) is 5.01. The van der Waals surface area contributed by atoms with Crippen LogP contribution in [-0.4, -0.2) is 41.9 Å². The number of halogens is 2. The number of nitrogens with one attached hydrogen (secondary N) is 1. The maximum atomic E-state index is 14.1. The van der Waals surface area contributed by atoms with Gasteiger partial charge >= 0.3 is 0 Å². The van der Waals surface area contributed by atoms with Gasteiger partial charge in [0.15, 0.2) is 0 Å². The first-order chi connectivity index (χ1) is 15.6. The Morgan fingerprint density at radius 2 is 1.66 bits per heavy atom. The molecule has 2 aromatic rings. The van der Waals surface area contributed by atoms with Gasteiger partial charge < -0.3 is 5.32 Å². The van der Waals surface area contributed by atoms with E-state index in [4.69, 9.17) is 11.6 Å². The second kappa shape index (κ2) is 11.3. The summed E-state index contributed by atoms with van der Waals surface area (Å²) in [4.78, 5) is 17.4. The van der Waals surface area contributed by atoms with Crippen molar-refractivity contribution in [2.45, 2.75) is 51.7 Å². The van der Waals surface area contributed by atoms with Crippen molar-refractivity contribution in [2.75, 3.05) is 26.2 Å². The minimum Gasteiger partial charge on any atom is -0.352 e. The summed E-state index contributed by atoms with van der Waals surface area (Å²) < 4.78 is 14.1. The lowest BCUT2D eigenvalue weighted by Crippen LogP contribution is -2.42. The van der Waals surface area contributed by atoms with Crippen LogP contribution in [0.3, 0.4) is 0 Å². The van der Waals surface area contributed by atoms with Gasteiger partial charge in [-0.2, -0.15) is 0 Å². The van der Waals surface area contributed by atoms with Crippen molar-refractivity contribution in [2.24, 2.45) is 5.92 Å². The highest BCUT2D eigenvalue weighted by atomic mass is 35.5. The Balaban J connectivity index is 1.25. The fourth-order valence-electron chi connectivity index (χ4n) is 4.79. The molecule has 32 heavy (non-hydrogen) atoms. The molecule has 2 fully saturated rings. The molecule has 2 aromatic carbocycles. The molecule has 1 atom stereocenters. The molecular formula is C26H33ClFN3O. The molecule has 2 aliphatic heterocycles. The predicted octanol–water partition coefficient (Wildman–Crippen LogP) is 4.99. The Labute approximate surface area is 195 Å². The van der Waals surface area contributed by atoms with Crippen LogP contribution in [0.25, 0.3) is 0 Å². The molecule has 6 heteroatoms. The van der Waals surface area contributed by atoms with E-state index in [1.54, 1.807) is 12.1 Å². The first-order valence-corrected chi connectivity index (χ1v) is 12.2. The number of likely N-dealkylation sites (tertiary alicyclic amines) is 2. The summed E-state index contributed by atoms with van der Waals surface area (Å²) in [5.74, 6) is -0.285. The number of hydrogen-bond acceptors (Lipinski definition) is 3. The molecule has 4 nitrogen and oxygen atoms in total. The molecule has 4 rings (SSSR count). The van der Waals surface area contributed by atoms with Gasteiger partial charge in [-0.3, -0.25) is 14.6 Å². The molecule has 172 valence electrons. The summed E-state index contributed by atoms with van der Waals surface area (Å²) in [5.41, 5.74) is 2.96. The Morgan fingerprint density at radius 1 is 0.938 bits per heavy atom. The van der Waals surface area contributed by atoms with Gasteiger partial charge in [-0.1, -0.05) is 48.4 Å². The van der Waals surface area contributed by atoms with Gasteiger partial charge in [0.2, 0.25) is 5.91 Å². The second-order valence-electron chi connectivity index (χ2n) is 9.15. The van der Waals surface area contributed by atoms with E-state index in [-0.39, 0.29) is 17.6 Å². The topological polar surface area (TPSA) is 35.6 Å². The molecule has 0 radical (unpaired) electrons. The van der Waals surface area contributed by atoms with E-state index < -0.39 is 0 Å². The molecule has 0 bridgehead atoms. The van der Waals surface area contributed by atoms with E-state index in [0.29, 0.717) is 30.2 Å². The van der Waals surface area contributed by atoms with E-state index in [0.717, 1.165) is 31.5 Å². The van der Waals surface area contributed by atoms with Crippen LogP contribution >= 0.6 is 11.6 Å². The molecule has 2 aliphatic rings. The summed E-state index contributed by atoms with van der Waals surface area (Å²) >= 11 is 6.18. The van der Waals surface area contributed by atoms with E-state index in [9.17, 15) is 9.18 Å². The average molecular weight is 458 g/mol. The molecule has 0 spiro atoms. The number of amides is 1. The molecule has 1 N–H and O–H groups in total. The number of carbonyl (C=O) groups excluding carboxylic acids is 1. The van der Waals surface area contributed by atoms with Crippen molar-refractivity contribution in [3.05, 3.63) is 70.0 Å². The van der Waals surface area contributed by atoms with Crippen LogP contribution in [0.1, 0.15) is 48.8 Å². The summed E-state index contributed by atoms with van der Waals surface area (Å²) in [6.45, 7) is 5.86. The highest BCUT2D eigenvalue weighted by Crippen LogP contribution is 2.24. The maximum Gasteiger partial charge on any atom is 0.224 e. The lowest BCUT2D eigenvalue weighted by atomic mass is 9.96. The quantitative estimate of drug-likeness (QED) is 0.636. The SMILES string of the molecule is O=C(NCc1ccc(CN2CCCCC2)cc1)C1CCCN(Cc2c(F)cccc2Cl)C1. The standard InChI is InChI=1S/C26H33ClFN3O/c27-24-7-4-8-25(28)23(24)19-31-15-5-6-22(18-31)26(32)29-16-20-9-11-21(12-10-20)17-30-13-2-1-3-14-30/h4,7-12,22H,1-3,5-6,13-19H2,(H,29,32). The largest absolute Gasteiger partial charge is 0.352 e. The minimum atomic E-state index is -0.284. The third-order valence-corrected chi connectivity index (χ3v) is 7.02. The number of rotatable bonds is 7. The zero-order valence-corrected chi connectivity index (χ0v) is 19.4. The Bertz CT molecular complexity index is 878. The van der Waals surface area contributed by atoms with E-state index in [1.165, 1.54) is 44.0 Å². The second-order valence-corrected chi connectivity index (χ2v) is 9.55. The third-order valence-electron chi connectivity index (χ3n) is 6.66. The highest BCUT2D eigenvalue weighted by molar-refractivity contribution is 6.31. The summed E-state index contributed by atoms with van der Waals surface area (Å²) in [6.07, 6.45) is 5.74. The average Bonchev–Trinajstić information content (AvgIpc) is 2.82. The Hall–Kier alpha value is -1.95. The highest BCUT2D eigenvalue weighted by Gasteiger charge is 2.26. The van der Waals surface area contributed by atoms with Crippen LogP contribution in [0.4, 0.5) is 4.39 Å². The van der Waals surface area contributed by atoms with Crippen molar-refractivity contribution >= 4 is 17.5 Å². The number of piperidine rings is 2. The van der Waals surface area contributed by atoms with E-state index >= 15 is 0 Å². The zero-order chi connectivity index (χ0) is 22.3. The van der Waals surface area contributed by atoms with Gasteiger partial charge in [0.05, 0.1) is 5.92 Å². The predicted molar refractivity (Wildman–Crippen MR) is 127 cm³/mol. The first kappa shape index (κ1) is 23.2. The van der Waals surface area contributed by atoms with Crippen molar-refractivity contribution in [1.29, 1.82) is 0 Å². The minimum absolute atomic E-state index is 0.0757. The zero-order valence-electron chi connectivity index (χ0n) is 18.7. The van der Waals surface area contributed by atoms with Crippen LogP contribution in [0, 0.1) is 11.7 Å². The van der Waals surface area contributed by atoms with Crippen molar-refractivity contribution in [3.8, 4) is 0 Å². The van der Waals surface area contributed by atoms with Gasteiger partial charge in [-0.25, -0.2) is 4.39 Å². The number of nitrogens with zero attached hydrogens (tertiary/aromatic N) is 2. The summed E-state index contributed by atoms with van der Waals surface area (Å²) in [6, 6.07) is 13.4. The summed E-state index contributed by atoms with van der Waals surface area (Å²) in [7, 11) is 0. The number of benzene rings is 2. The van der Waals surface area contributed by atoms with Crippen LogP contribution in [0.15, 0.2) is 42.5 Å². The van der Waals surface area contributed by atoms with Gasteiger partial charge in [0, 0.05) is 36.8 Å². The molecule has 2 saturated heterocycles. The first-order valence-electron chi connectivity index (χ1n) is 11.8. The van der Waals surface area contributed by atoms with Gasteiger partial charge in [0.1, 0.15) is 5.82 Å². The molecule has 1 amide bonds. The van der Waals surface area contributed by atoms with Crippen LogP contribution < -0.4 is 5.32 Å². The number of carbonyl (C=O) groups is 1. The molecule has 0 aromatic heterocycles. The number of hydrogen-bond donors (Lipinski definition) is 1. The monoisotopic (exact) mass is 457 g/mol. The lowest BCUT2D eigenvalue weighted by molar-refractivity contribution is -0.126. The van der Waals surface area contributed by atoms with E-state index in [2.05, 4.69) is 39.4 Å². The molecule has 0 aliphatic carbocycles. The fraction of sp³-hybridized carbons (Fsp3) is 0.500. The van der Waals surface area contributed by atoms with Crippen LogP contribution in [0.5, 0.6) is 0 Å². The third kappa shape index (κ3) is 6.31. The van der Waals surface area contributed by atoms with Crippen molar-refractivity contribution in [3.63, 3.8) is 0 Å². The molecular weight excluding hydrogens is 425 g/mol. The van der Waals surface area contributed by atoms with Crippen LogP contribution in [-0.2, 0) is 24.4 Å². The lowest BCUT2D eigenvalue weighted by Gasteiger charge is -2.32. The maximum absolute atomic E-state index is 14.1. The van der Waals surface area contributed by atoms with Crippen molar-refractivity contribution in [1.82, 2.24) is 15.1 Å². The molecule has 1 unspecified atom stereocenters. The van der Waals surface area contributed by atoms with Gasteiger partial charge in [-0.05, 0) is 68.6 Å². The van der Waals surface area contributed by atoms with Gasteiger partial charge in [-0.15, -0.1) is 0 Å². The Morgan fingerprint density at radius 3 is 2.41 bits per heavy atom. The Kier molecular flexibility index (Phi) is 8.17.